The summed E-state index contributed by atoms with van der Waals surface area (Å²) < 4.78 is 11.8. The van der Waals surface area contributed by atoms with Crippen molar-refractivity contribution in [2.75, 3.05) is 13.2 Å². The molecule has 3 aliphatic heterocycles. The molecule has 8 nitrogen and oxygen atoms in total. The van der Waals surface area contributed by atoms with Crippen LogP contribution in [-0.2, 0) is 18.8 Å². The first-order chi connectivity index (χ1) is 15.3. The maximum atomic E-state index is 13.2. The predicted molar refractivity (Wildman–Crippen MR) is 127 cm³/mol. The van der Waals surface area contributed by atoms with Crippen molar-refractivity contribution in [2.24, 2.45) is 5.92 Å². The summed E-state index contributed by atoms with van der Waals surface area (Å²) in [6.45, 7) is 16.9. The first kappa shape index (κ1) is 25.5. The van der Waals surface area contributed by atoms with Crippen LogP contribution in [0.3, 0.4) is 0 Å². The maximum absolute atomic E-state index is 13.2. The molecule has 0 saturated carbocycles. The molecule has 0 radical (unpaired) electrons. The molecule has 2 saturated heterocycles. The first-order valence-electron chi connectivity index (χ1n) is 11.8. The number of amides is 2. The Balaban J connectivity index is 1.84. The molecule has 0 spiro atoms. The summed E-state index contributed by atoms with van der Waals surface area (Å²) in [6.07, 6.45) is 3.57. The second kappa shape index (κ2) is 9.25. The van der Waals surface area contributed by atoms with E-state index in [1.807, 2.05) is 6.92 Å². The summed E-state index contributed by atoms with van der Waals surface area (Å²) >= 11 is 0. The summed E-state index contributed by atoms with van der Waals surface area (Å²) in [5, 5.41) is 10.0. The van der Waals surface area contributed by atoms with Crippen molar-refractivity contribution in [3.8, 4) is 0 Å². The molecule has 1 N–H and O–H groups in total. The van der Waals surface area contributed by atoms with Crippen molar-refractivity contribution in [1.82, 2.24) is 9.80 Å². The van der Waals surface area contributed by atoms with Crippen molar-refractivity contribution >= 4 is 26.3 Å². The Kier molecular flexibility index (Phi) is 7.15. The Hall–Kier alpha value is -2.13. The number of aliphatic carboxylic acids is 1. The lowest BCUT2D eigenvalue weighted by atomic mass is 9.82. The van der Waals surface area contributed by atoms with Crippen LogP contribution in [0.2, 0.25) is 18.1 Å². The smallest absolute Gasteiger partial charge is 0.410 e. The molecule has 2 fully saturated rings. The Morgan fingerprint density at radius 1 is 1.30 bits per heavy atom. The lowest BCUT2D eigenvalue weighted by molar-refractivity contribution is -0.160. The highest BCUT2D eigenvalue weighted by molar-refractivity contribution is 6.74. The average molecular weight is 479 g/mol. The van der Waals surface area contributed by atoms with Crippen LogP contribution in [0.25, 0.3) is 0 Å². The van der Waals surface area contributed by atoms with Crippen LogP contribution < -0.4 is 0 Å². The van der Waals surface area contributed by atoms with Gasteiger partial charge in [0.1, 0.15) is 12.3 Å². The van der Waals surface area contributed by atoms with Crippen LogP contribution >= 0.6 is 0 Å². The monoisotopic (exact) mass is 478 g/mol. The van der Waals surface area contributed by atoms with E-state index in [4.69, 9.17) is 9.16 Å². The van der Waals surface area contributed by atoms with Crippen LogP contribution in [0.1, 0.15) is 53.4 Å². The molecule has 0 aliphatic carbocycles. The molecule has 2 amide bonds. The minimum Gasteiger partial charge on any atom is -0.477 e. The van der Waals surface area contributed by atoms with Gasteiger partial charge >= 0.3 is 12.1 Å². The number of carbonyl (C=O) groups excluding carboxylic acids is 2. The number of hydrogen-bond acceptors (Lipinski definition) is 5. The van der Waals surface area contributed by atoms with Crippen molar-refractivity contribution in [2.45, 2.75) is 89.7 Å². The van der Waals surface area contributed by atoms with Gasteiger partial charge in [-0.3, -0.25) is 4.79 Å². The maximum Gasteiger partial charge on any atom is 0.410 e. The zero-order chi connectivity index (χ0) is 24.7. The predicted octanol–water partition coefficient (Wildman–Crippen LogP) is 4.14. The highest BCUT2D eigenvalue weighted by Crippen LogP contribution is 2.48. The third-order valence-corrected chi connectivity index (χ3v) is 12.3. The van der Waals surface area contributed by atoms with E-state index in [9.17, 15) is 19.5 Å². The number of rotatable bonds is 7. The minimum absolute atomic E-state index is 0.00739. The summed E-state index contributed by atoms with van der Waals surface area (Å²) in [5.41, 5.74) is 0.687. The van der Waals surface area contributed by atoms with E-state index >= 15 is 0 Å². The number of ether oxygens (including phenoxy) is 1. The van der Waals surface area contributed by atoms with Crippen LogP contribution in [0.5, 0.6) is 0 Å². The van der Waals surface area contributed by atoms with Crippen molar-refractivity contribution in [3.05, 3.63) is 23.9 Å². The number of β-lactam (4-membered cyclic amide) rings is 1. The van der Waals surface area contributed by atoms with Gasteiger partial charge in [-0.05, 0) is 56.3 Å². The highest BCUT2D eigenvalue weighted by Gasteiger charge is 2.59. The van der Waals surface area contributed by atoms with Gasteiger partial charge in [-0.25, -0.2) is 9.59 Å². The number of carboxylic acids is 1. The lowest BCUT2D eigenvalue weighted by Gasteiger charge is -2.48. The van der Waals surface area contributed by atoms with Gasteiger partial charge in [-0.2, -0.15) is 0 Å². The zero-order valence-electron chi connectivity index (χ0n) is 20.7. The molecule has 33 heavy (non-hydrogen) atoms. The molecule has 9 heteroatoms. The van der Waals surface area contributed by atoms with Crippen molar-refractivity contribution in [3.63, 3.8) is 0 Å². The second-order valence-electron chi connectivity index (χ2n) is 10.8. The standard InChI is InChI=1S/C24H38N2O6Si/c1-8-13-31-23(30)25-12-10-9-11-17(25)16-14-18-19(21(27)26(18)20(16)22(28)29)15(2)32-33(6,7)24(3,4)5/h8,15,17-19H,1,9-14H2,2-7H3,(H,28,29)/t15-,17?,18-,19-/m1/s1. The normalized spacial score (nSPS) is 26.6. The molecule has 0 aromatic heterocycles. The molecule has 0 aromatic rings. The summed E-state index contributed by atoms with van der Waals surface area (Å²) in [6, 6.07) is -0.621. The molecule has 184 valence electrons. The van der Waals surface area contributed by atoms with E-state index in [0.29, 0.717) is 25.0 Å². The molecule has 3 rings (SSSR count). The van der Waals surface area contributed by atoms with E-state index in [1.165, 1.54) is 11.0 Å². The van der Waals surface area contributed by atoms with Gasteiger partial charge in [0.2, 0.25) is 5.91 Å². The van der Waals surface area contributed by atoms with Gasteiger partial charge in [0, 0.05) is 6.54 Å². The summed E-state index contributed by atoms with van der Waals surface area (Å²) in [7, 11) is -2.09. The molecule has 3 aliphatic rings. The minimum atomic E-state index is -2.09. The van der Waals surface area contributed by atoms with Gasteiger partial charge in [-0.1, -0.05) is 33.4 Å². The zero-order valence-corrected chi connectivity index (χ0v) is 21.7. The lowest BCUT2D eigenvalue weighted by Crippen LogP contribution is -2.63. The Morgan fingerprint density at radius 2 is 1.97 bits per heavy atom. The van der Waals surface area contributed by atoms with Crippen LogP contribution in [0.4, 0.5) is 4.79 Å². The van der Waals surface area contributed by atoms with Crippen LogP contribution in [0.15, 0.2) is 23.9 Å². The largest absolute Gasteiger partial charge is 0.477 e. The van der Waals surface area contributed by atoms with E-state index in [0.717, 1.165) is 12.8 Å². The number of likely N-dealkylation sites (tertiary alicyclic amines) is 1. The fourth-order valence-corrected chi connectivity index (χ4v) is 6.46. The van der Waals surface area contributed by atoms with Crippen molar-refractivity contribution < 1.29 is 28.7 Å². The molecule has 4 atom stereocenters. The fraction of sp³-hybridized carbons (Fsp3) is 0.708. The van der Waals surface area contributed by atoms with E-state index < -0.39 is 20.4 Å². The fourth-order valence-electron chi connectivity index (χ4n) is 5.03. The number of carbonyl (C=O) groups is 3. The third kappa shape index (κ3) is 4.62. The second-order valence-corrected chi connectivity index (χ2v) is 15.6. The van der Waals surface area contributed by atoms with E-state index in [2.05, 4.69) is 40.4 Å². The number of hydrogen-bond donors (Lipinski definition) is 1. The molecule has 0 bridgehead atoms. The van der Waals surface area contributed by atoms with E-state index in [-0.39, 0.29) is 47.4 Å². The van der Waals surface area contributed by atoms with Gasteiger partial charge in [-0.15, -0.1) is 0 Å². The number of fused-ring (bicyclic) bond motifs is 1. The molecule has 0 aromatic carbocycles. The number of nitrogens with zero attached hydrogens (tertiary/aromatic N) is 2. The SMILES string of the molecule is C=CCOC(=O)N1CCCCC1C1=C(C(=O)O)N2C(=O)[C@H]([C@@H](C)O[Si](C)(C)C(C)(C)C)[C@H]2C1. The molecular weight excluding hydrogens is 440 g/mol. The third-order valence-electron chi connectivity index (χ3n) is 7.70. The van der Waals surface area contributed by atoms with Crippen LogP contribution in [0, 0.1) is 5.92 Å². The Morgan fingerprint density at radius 3 is 2.55 bits per heavy atom. The molecule has 3 heterocycles. The highest BCUT2D eigenvalue weighted by atomic mass is 28.4. The number of piperidine rings is 1. The van der Waals surface area contributed by atoms with Gasteiger partial charge in [0.05, 0.1) is 24.1 Å². The Bertz CT molecular complexity index is 862. The summed E-state index contributed by atoms with van der Waals surface area (Å²) in [4.78, 5) is 41.1. The Labute approximate surface area is 197 Å². The average Bonchev–Trinajstić information content (AvgIpc) is 3.06. The van der Waals surface area contributed by atoms with Crippen molar-refractivity contribution in [1.29, 1.82) is 0 Å². The summed E-state index contributed by atoms with van der Waals surface area (Å²) in [5.74, 6) is -1.70. The number of carboxylic acid groups (broad SMARTS) is 1. The molecular formula is C24H38N2O6Si. The van der Waals surface area contributed by atoms with Gasteiger partial charge in [0.15, 0.2) is 8.32 Å². The van der Waals surface area contributed by atoms with E-state index in [1.54, 1.807) is 4.90 Å². The topological polar surface area (TPSA) is 96.4 Å². The molecule has 1 unspecified atom stereocenters. The van der Waals surface area contributed by atoms with Crippen LogP contribution in [-0.4, -0.2) is 72.5 Å². The van der Waals surface area contributed by atoms with Gasteiger partial charge < -0.3 is 24.1 Å². The quantitative estimate of drug-likeness (QED) is 0.336. The van der Waals surface area contributed by atoms with Gasteiger partial charge in [0.25, 0.3) is 0 Å². The first-order valence-corrected chi connectivity index (χ1v) is 14.7.